The maximum Gasteiger partial charge on any atom is 0.242 e. The van der Waals surface area contributed by atoms with Crippen molar-refractivity contribution in [1.29, 1.82) is 0 Å². The lowest BCUT2D eigenvalue weighted by Gasteiger charge is -2.37. The summed E-state index contributed by atoms with van der Waals surface area (Å²) in [5.74, 6) is 1.20. The highest BCUT2D eigenvalue weighted by Crippen LogP contribution is 2.34. The third kappa shape index (κ3) is 6.23. The normalized spacial score (nSPS) is 15.6. The second kappa shape index (κ2) is 11.0. The first kappa shape index (κ1) is 23.6. The van der Waals surface area contributed by atoms with Crippen molar-refractivity contribution in [2.45, 2.75) is 46.1 Å². The Hall–Kier alpha value is -2.05. The Morgan fingerprint density at radius 3 is 2.68 bits per heavy atom. The molecule has 1 aliphatic rings. The topological polar surface area (TPSA) is 49.9 Å². The quantitative estimate of drug-likeness (QED) is 0.515. The summed E-state index contributed by atoms with van der Waals surface area (Å²) in [4.78, 5) is 30.7. The number of hydrogen-bond acceptors (Lipinski definition) is 4. The largest absolute Gasteiger partial charge is 0.491 e. The fraction of sp³-hybridized carbons (Fsp3) is 0.500. The number of nitrogens with zero attached hydrogens (tertiary/aromatic N) is 2. The molecule has 168 valence electrons. The van der Waals surface area contributed by atoms with Gasteiger partial charge in [-0.3, -0.25) is 9.59 Å². The van der Waals surface area contributed by atoms with Gasteiger partial charge in [-0.15, -0.1) is 11.3 Å². The van der Waals surface area contributed by atoms with Crippen LogP contribution < -0.4 is 4.74 Å². The van der Waals surface area contributed by atoms with Crippen LogP contribution in [-0.2, 0) is 16.0 Å². The maximum atomic E-state index is 13.3. The van der Waals surface area contributed by atoms with Gasteiger partial charge >= 0.3 is 0 Å². The molecule has 0 saturated heterocycles. The van der Waals surface area contributed by atoms with Crippen LogP contribution in [0.1, 0.15) is 50.1 Å². The molecule has 2 heterocycles. The Kier molecular flexibility index (Phi) is 8.38. The van der Waals surface area contributed by atoms with Crippen molar-refractivity contribution < 1.29 is 14.3 Å². The molecule has 0 unspecified atom stereocenters. The Balaban J connectivity index is 1.74. The molecule has 1 aliphatic heterocycles. The number of amides is 2. The lowest BCUT2D eigenvalue weighted by molar-refractivity contribution is -0.142. The van der Waals surface area contributed by atoms with E-state index in [1.54, 1.807) is 28.4 Å². The minimum Gasteiger partial charge on any atom is -0.491 e. The predicted octanol–water partition coefficient (Wildman–Crippen LogP) is 5.19. The fourth-order valence-corrected chi connectivity index (χ4v) is 4.82. The first-order chi connectivity index (χ1) is 14.9. The van der Waals surface area contributed by atoms with Crippen LogP contribution >= 0.6 is 22.9 Å². The van der Waals surface area contributed by atoms with Gasteiger partial charge in [0.2, 0.25) is 11.8 Å². The van der Waals surface area contributed by atoms with Gasteiger partial charge in [0.15, 0.2) is 0 Å². The monoisotopic (exact) mass is 462 g/mol. The van der Waals surface area contributed by atoms with E-state index in [2.05, 4.69) is 25.3 Å². The molecule has 0 aliphatic carbocycles. The molecule has 0 spiro atoms. The summed E-state index contributed by atoms with van der Waals surface area (Å²) < 4.78 is 6.03. The Bertz CT molecular complexity index is 881. The van der Waals surface area contributed by atoms with Crippen LogP contribution in [0.3, 0.4) is 0 Å². The van der Waals surface area contributed by atoms with Crippen LogP contribution in [0.5, 0.6) is 5.75 Å². The third-order valence-corrected chi connectivity index (χ3v) is 6.84. The number of thiophene rings is 1. The highest BCUT2D eigenvalue weighted by molar-refractivity contribution is 7.10. The number of halogens is 1. The zero-order valence-electron chi connectivity index (χ0n) is 18.5. The number of hydrogen-bond donors (Lipinski definition) is 0. The van der Waals surface area contributed by atoms with Gasteiger partial charge in [0.25, 0.3) is 0 Å². The molecular weight excluding hydrogens is 432 g/mol. The van der Waals surface area contributed by atoms with E-state index in [1.165, 1.54) is 4.88 Å². The summed E-state index contributed by atoms with van der Waals surface area (Å²) in [5, 5.41) is 2.73. The SMILES string of the molecule is CCC(=O)N(CCC(C)C)CC(=O)N1CCc2sccc2[C@H]1COc1ccc(Cl)cc1. The minimum absolute atomic E-state index is 0.0212. The van der Waals surface area contributed by atoms with E-state index in [4.69, 9.17) is 16.3 Å². The van der Waals surface area contributed by atoms with Gasteiger partial charge in [0, 0.05) is 29.4 Å². The van der Waals surface area contributed by atoms with Crippen molar-refractivity contribution in [3.8, 4) is 5.75 Å². The summed E-state index contributed by atoms with van der Waals surface area (Å²) >= 11 is 7.69. The van der Waals surface area contributed by atoms with E-state index in [9.17, 15) is 9.59 Å². The molecule has 7 heteroatoms. The molecular formula is C24H31ClN2O3S. The van der Waals surface area contributed by atoms with Gasteiger partial charge in [-0.1, -0.05) is 32.4 Å². The summed E-state index contributed by atoms with van der Waals surface area (Å²) in [6, 6.07) is 9.17. The molecule has 2 amide bonds. The first-order valence-electron chi connectivity index (χ1n) is 10.9. The number of carbonyl (C=O) groups is 2. The van der Waals surface area contributed by atoms with Crippen LogP contribution in [0, 0.1) is 5.92 Å². The van der Waals surface area contributed by atoms with Gasteiger partial charge in [0.05, 0.1) is 12.6 Å². The highest BCUT2D eigenvalue weighted by Gasteiger charge is 2.33. The first-order valence-corrected chi connectivity index (χ1v) is 12.2. The lowest BCUT2D eigenvalue weighted by atomic mass is 10.0. The minimum atomic E-state index is -0.165. The Morgan fingerprint density at radius 2 is 2.00 bits per heavy atom. The Labute approximate surface area is 193 Å². The van der Waals surface area contributed by atoms with Gasteiger partial charge in [-0.2, -0.15) is 0 Å². The smallest absolute Gasteiger partial charge is 0.242 e. The number of rotatable bonds is 9. The van der Waals surface area contributed by atoms with Gasteiger partial charge in [-0.25, -0.2) is 0 Å². The van der Waals surface area contributed by atoms with Crippen LogP contribution in [0.15, 0.2) is 35.7 Å². The highest BCUT2D eigenvalue weighted by atomic mass is 35.5. The standard InChI is InChI=1S/C24H31ClN2O3S/c1-4-23(28)26(12-9-17(2)3)15-24(29)27-13-10-22-20(11-14-31-22)21(27)16-30-19-7-5-18(25)6-8-19/h5-8,11,14,17,21H,4,9-10,12-13,15-16H2,1-3H3/t21-/m1/s1. The van der Waals surface area contributed by atoms with Crippen LogP contribution in [0.25, 0.3) is 0 Å². The predicted molar refractivity (Wildman–Crippen MR) is 126 cm³/mol. The maximum absolute atomic E-state index is 13.3. The molecule has 1 aromatic carbocycles. The van der Waals surface area contributed by atoms with Crippen LogP contribution in [0.4, 0.5) is 0 Å². The van der Waals surface area contributed by atoms with Crippen molar-refractivity contribution in [2.75, 3.05) is 26.2 Å². The second-order valence-electron chi connectivity index (χ2n) is 8.27. The molecule has 31 heavy (non-hydrogen) atoms. The van der Waals surface area contributed by atoms with Gasteiger partial charge in [0.1, 0.15) is 12.4 Å². The number of ether oxygens (including phenoxy) is 1. The van der Waals surface area contributed by atoms with E-state index in [0.29, 0.717) is 37.1 Å². The average Bonchev–Trinajstić information content (AvgIpc) is 3.24. The number of carbonyl (C=O) groups excluding carboxylic acids is 2. The van der Waals surface area contributed by atoms with Crippen LogP contribution in [-0.4, -0.2) is 47.9 Å². The molecule has 0 saturated carbocycles. The van der Waals surface area contributed by atoms with Crippen molar-refractivity contribution in [3.63, 3.8) is 0 Å². The van der Waals surface area contributed by atoms with Crippen LogP contribution in [0.2, 0.25) is 5.02 Å². The molecule has 0 radical (unpaired) electrons. The molecule has 0 bridgehead atoms. The molecule has 0 fully saturated rings. The number of benzene rings is 1. The van der Waals surface area contributed by atoms with E-state index in [0.717, 1.165) is 24.2 Å². The average molecular weight is 463 g/mol. The molecule has 2 aromatic rings. The molecule has 0 N–H and O–H groups in total. The summed E-state index contributed by atoms with van der Waals surface area (Å²) in [5.41, 5.74) is 1.15. The summed E-state index contributed by atoms with van der Waals surface area (Å²) in [6.07, 6.45) is 2.13. The third-order valence-electron chi connectivity index (χ3n) is 5.59. The molecule has 5 nitrogen and oxygen atoms in total. The molecule has 3 rings (SSSR count). The summed E-state index contributed by atoms with van der Waals surface area (Å²) in [7, 11) is 0. The van der Waals surface area contributed by atoms with Crippen molar-refractivity contribution in [2.24, 2.45) is 5.92 Å². The van der Waals surface area contributed by atoms with E-state index in [1.807, 2.05) is 24.0 Å². The molecule has 1 atom stereocenters. The summed E-state index contributed by atoms with van der Waals surface area (Å²) in [6.45, 7) is 7.84. The van der Waals surface area contributed by atoms with Crippen molar-refractivity contribution in [3.05, 3.63) is 51.2 Å². The zero-order chi connectivity index (χ0) is 22.4. The number of fused-ring (bicyclic) bond motifs is 1. The van der Waals surface area contributed by atoms with E-state index < -0.39 is 0 Å². The van der Waals surface area contributed by atoms with Crippen molar-refractivity contribution >= 4 is 34.8 Å². The van der Waals surface area contributed by atoms with Gasteiger partial charge in [-0.05, 0) is 60.0 Å². The Morgan fingerprint density at radius 1 is 1.26 bits per heavy atom. The zero-order valence-corrected chi connectivity index (χ0v) is 20.0. The van der Waals surface area contributed by atoms with Crippen molar-refractivity contribution in [1.82, 2.24) is 9.80 Å². The van der Waals surface area contributed by atoms with E-state index >= 15 is 0 Å². The molecule has 1 aromatic heterocycles. The fourth-order valence-electron chi connectivity index (χ4n) is 3.76. The lowest BCUT2D eigenvalue weighted by Crippen LogP contribution is -2.48. The van der Waals surface area contributed by atoms with Gasteiger partial charge < -0.3 is 14.5 Å². The second-order valence-corrected chi connectivity index (χ2v) is 9.71. The van der Waals surface area contributed by atoms with E-state index in [-0.39, 0.29) is 24.4 Å².